The number of rotatable bonds is 5. The van der Waals surface area contributed by atoms with Crippen molar-refractivity contribution < 1.29 is 9.18 Å². The molecule has 1 atom stereocenters. The van der Waals surface area contributed by atoms with E-state index in [1.807, 2.05) is 6.92 Å². The second-order valence-corrected chi connectivity index (χ2v) is 7.35. The van der Waals surface area contributed by atoms with E-state index in [1.165, 1.54) is 6.07 Å². The second kappa shape index (κ2) is 8.58. The van der Waals surface area contributed by atoms with Gasteiger partial charge in [0.15, 0.2) is 0 Å². The minimum Gasteiger partial charge on any atom is -0.355 e. The largest absolute Gasteiger partial charge is 0.355 e. The summed E-state index contributed by atoms with van der Waals surface area (Å²) < 4.78 is 14.9. The van der Waals surface area contributed by atoms with Gasteiger partial charge in [0.25, 0.3) is 0 Å². The Kier molecular flexibility index (Phi) is 6.19. The van der Waals surface area contributed by atoms with Gasteiger partial charge >= 0.3 is 0 Å². The van der Waals surface area contributed by atoms with Gasteiger partial charge in [-0.3, -0.25) is 9.78 Å². The van der Waals surface area contributed by atoms with E-state index in [1.54, 1.807) is 35.6 Å². The van der Waals surface area contributed by atoms with E-state index in [0.29, 0.717) is 18.7 Å². The molecule has 2 heterocycles. The maximum absolute atomic E-state index is 14.1. The van der Waals surface area contributed by atoms with E-state index < -0.39 is 0 Å². The third kappa shape index (κ3) is 4.38. The van der Waals surface area contributed by atoms with Gasteiger partial charge in [-0.1, -0.05) is 15.9 Å². The van der Waals surface area contributed by atoms with Gasteiger partial charge in [0.1, 0.15) is 11.6 Å². The zero-order valence-corrected chi connectivity index (χ0v) is 16.3. The highest BCUT2D eigenvalue weighted by molar-refractivity contribution is 9.10. The summed E-state index contributed by atoms with van der Waals surface area (Å²) in [6.07, 6.45) is 6.79. The Hall–Kier alpha value is -2.02. The summed E-state index contributed by atoms with van der Waals surface area (Å²) in [5, 5.41) is 0. The number of hydrogen-bond donors (Lipinski definition) is 0. The van der Waals surface area contributed by atoms with E-state index in [-0.39, 0.29) is 24.2 Å². The van der Waals surface area contributed by atoms with Crippen LogP contribution in [0, 0.1) is 11.7 Å². The highest BCUT2D eigenvalue weighted by atomic mass is 79.9. The lowest BCUT2D eigenvalue weighted by atomic mass is 9.96. The molecule has 5 nitrogen and oxygen atoms in total. The Morgan fingerprint density at radius 1 is 1.42 bits per heavy atom. The maximum atomic E-state index is 14.1. The Morgan fingerprint density at radius 2 is 2.27 bits per heavy atom. The molecular formula is C19H22BrFN4O. The van der Waals surface area contributed by atoms with Crippen LogP contribution in [0.2, 0.25) is 0 Å². The summed E-state index contributed by atoms with van der Waals surface area (Å²) in [6, 6.07) is 4.82. The van der Waals surface area contributed by atoms with E-state index in [9.17, 15) is 9.18 Å². The molecule has 0 bridgehead atoms. The number of carbonyl (C=O) groups excluding carboxylic acids is 1. The molecule has 1 amide bonds. The first-order chi connectivity index (χ1) is 12.6. The molecular weight excluding hydrogens is 399 g/mol. The quantitative estimate of drug-likeness (QED) is 0.740. The smallest absolute Gasteiger partial charge is 0.227 e. The van der Waals surface area contributed by atoms with Crippen LogP contribution >= 0.6 is 15.9 Å². The van der Waals surface area contributed by atoms with E-state index in [2.05, 4.69) is 30.8 Å². The minimum atomic E-state index is -0.288. The number of hydrogen-bond acceptors (Lipinski definition) is 4. The van der Waals surface area contributed by atoms with Gasteiger partial charge in [0.05, 0.1) is 12.1 Å². The third-order valence-electron chi connectivity index (χ3n) is 4.71. The first kappa shape index (κ1) is 18.8. The fourth-order valence-corrected chi connectivity index (χ4v) is 3.72. The number of benzene rings is 1. The number of anilines is 1. The summed E-state index contributed by atoms with van der Waals surface area (Å²) in [6.45, 7) is 4.25. The van der Waals surface area contributed by atoms with Crippen LogP contribution in [-0.4, -0.2) is 40.4 Å². The van der Waals surface area contributed by atoms with Gasteiger partial charge < -0.3 is 9.80 Å². The van der Waals surface area contributed by atoms with Crippen LogP contribution < -0.4 is 4.90 Å². The van der Waals surface area contributed by atoms with Crippen molar-refractivity contribution in [2.45, 2.75) is 26.3 Å². The third-order valence-corrected chi connectivity index (χ3v) is 5.20. The lowest BCUT2D eigenvalue weighted by molar-refractivity contribution is -0.136. The van der Waals surface area contributed by atoms with Crippen molar-refractivity contribution in [3.8, 4) is 0 Å². The van der Waals surface area contributed by atoms with Crippen LogP contribution in [0.3, 0.4) is 0 Å². The summed E-state index contributed by atoms with van der Waals surface area (Å²) in [7, 11) is 0. The molecule has 0 saturated carbocycles. The predicted octanol–water partition coefficient (Wildman–Crippen LogP) is 3.64. The second-order valence-electron chi connectivity index (χ2n) is 6.44. The number of aromatic nitrogens is 2. The van der Waals surface area contributed by atoms with Crippen LogP contribution in [0.4, 0.5) is 10.2 Å². The van der Waals surface area contributed by atoms with Crippen LogP contribution in [0.5, 0.6) is 0 Å². The number of amides is 1. The molecule has 1 aliphatic heterocycles. The van der Waals surface area contributed by atoms with Gasteiger partial charge in [-0.15, -0.1) is 0 Å². The Bertz CT molecular complexity index is 758. The molecule has 1 aromatic carbocycles. The molecule has 7 heteroatoms. The fourth-order valence-electron chi connectivity index (χ4n) is 3.32. The van der Waals surface area contributed by atoms with Crippen LogP contribution in [-0.2, 0) is 11.3 Å². The fraction of sp³-hybridized carbons (Fsp3) is 0.421. The molecule has 0 radical (unpaired) electrons. The van der Waals surface area contributed by atoms with Crippen LogP contribution in [0.1, 0.15) is 25.3 Å². The summed E-state index contributed by atoms with van der Waals surface area (Å²) in [4.78, 5) is 25.3. The number of carbonyl (C=O) groups is 1. The lowest BCUT2D eigenvalue weighted by Gasteiger charge is -2.35. The summed E-state index contributed by atoms with van der Waals surface area (Å²) in [5.41, 5.74) is 0.524. The normalized spacial score (nSPS) is 17.2. The van der Waals surface area contributed by atoms with Crippen molar-refractivity contribution in [3.63, 3.8) is 0 Å². The maximum Gasteiger partial charge on any atom is 0.227 e. The average Bonchev–Trinajstić information content (AvgIpc) is 2.69. The molecule has 138 valence electrons. The van der Waals surface area contributed by atoms with E-state index >= 15 is 0 Å². The van der Waals surface area contributed by atoms with Crippen molar-refractivity contribution in [2.75, 3.05) is 24.5 Å². The standard InChI is InChI=1S/C19H22BrFN4O/c1-2-24(13-15-10-16(20)5-6-17(15)21)19(26)14-4-3-9-25(12-14)18-11-22-7-8-23-18/h5-8,10-11,14H,2-4,9,12-13H2,1H3. The SMILES string of the molecule is CCN(Cc1cc(Br)ccc1F)C(=O)C1CCCN(c2cnccn2)C1. The van der Waals surface area contributed by atoms with E-state index in [4.69, 9.17) is 0 Å². The molecule has 1 aromatic heterocycles. The molecule has 2 aromatic rings. The van der Waals surface area contributed by atoms with Crippen molar-refractivity contribution >= 4 is 27.7 Å². The van der Waals surface area contributed by atoms with Crippen LogP contribution in [0.15, 0.2) is 41.3 Å². The zero-order valence-electron chi connectivity index (χ0n) is 14.7. The van der Waals surface area contributed by atoms with E-state index in [0.717, 1.165) is 29.7 Å². The monoisotopic (exact) mass is 420 g/mol. The number of piperidine rings is 1. The first-order valence-corrected chi connectivity index (χ1v) is 9.61. The Labute approximate surface area is 161 Å². The predicted molar refractivity (Wildman–Crippen MR) is 102 cm³/mol. The molecule has 0 spiro atoms. The van der Waals surface area contributed by atoms with Crippen molar-refractivity contribution in [2.24, 2.45) is 5.92 Å². The molecule has 0 aliphatic carbocycles. The topological polar surface area (TPSA) is 49.3 Å². The highest BCUT2D eigenvalue weighted by Gasteiger charge is 2.29. The minimum absolute atomic E-state index is 0.0699. The Morgan fingerprint density at radius 3 is 3.00 bits per heavy atom. The average molecular weight is 421 g/mol. The highest BCUT2D eigenvalue weighted by Crippen LogP contribution is 2.24. The molecule has 1 unspecified atom stereocenters. The van der Waals surface area contributed by atoms with Crippen molar-refractivity contribution in [1.82, 2.24) is 14.9 Å². The van der Waals surface area contributed by atoms with Gasteiger partial charge in [-0.2, -0.15) is 0 Å². The number of nitrogens with zero attached hydrogens (tertiary/aromatic N) is 4. The van der Waals surface area contributed by atoms with Gasteiger partial charge in [-0.25, -0.2) is 9.37 Å². The molecule has 26 heavy (non-hydrogen) atoms. The molecule has 1 aliphatic rings. The molecule has 1 fully saturated rings. The molecule has 3 rings (SSSR count). The molecule has 1 saturated heterocycles. The first-order valence-electron chi connectivity index (χ1n) is 8.82. The van der Waals surface area contributed by atoms with Gasteiger partial charge in [0.2, 0.25) is 5.91 Å². The Balaban J connectivity index is 1.70. The zero-order chi connectivity index (χ0) is 18.5. The van der Waals surface area contributed by atoms with Crippen molar-refractivity contribution in [3.05, 3.63) is 52.6 Å². The van der Waals surface area contributed by atoms with Crippen LogP contribution in [0.25, 0.3) is 0 Å². The van der Waals surface area contributed by atoms with Gasteiger partial charge in [0, 0.05) is 48.6 Å². The summed E-state index contributed by atoms with van der Waals surface area (Å²) in [5.74, 6) is 0.469. The lowest BCUT2D eigenvalue weighted by Crippen LogP contribution is -2.45. The van der Waals surface area contributed by atoms with Gasteiger partial charge in [-0.05, 0) is 38.0 Å². The summed E-state index contributed by atoms with van der Waals surface area (Å²) >= 11 is 3.37. The molecule has 0 N–H and O–H groups in total. The number of halogens is 2. The van der Waals surface area contributed by atoms with Crippen molar-refractivity contribution in [1.29, 1.82) is 0 Å².